The van der Waals surface area contributed by atoms with E-state index in [1.54, 1.807) is 0 Å². The number of amides is 1. The second kappa shape index (κ2) is 4.52. The first-order valence-electron chi connectivity index (χ1n) is 5.51. The number of carboxylic acids is 1. The van der Waals surface area contributed by atoms with Crippen molar-refractivity contribution in [3.8, 4) is 0 Å². The molecule has 0 radical (unpaired) electrons. The number of hydrogen-bond acceptors (Lipinski definition) is 4. The van der Waals surface area contributed by atoms with Crippen LogP contribution >= 0.6 is 0 Å². The van der Waals surface area contributed by atoms with E-state index in [2.05, 4.69) is 20.5 Å². The highest BCUT2D eigenvalue weighted by molar-refractivity contribution is 5.90. The van der Waals surface area contributed by atoms with Gasteiger partial charge in [-0.2, -0.15) is 5.10 Å². The molecule has 0 bridgehead atoms. The average Bonchev–Trinajstić information content (AvgIpc) is 2.97. The molecular weight excluding hydrogens is 224 g/mol. The van der Waals surface area contributed by atoms with E-state index >= 15 is 0 Å². The molecule has 92 valence electrons. The number of hydrogen-bond donors (Lipinski definition) is 3. The third-order valence-corrected chi connectivity index (χ3v) is 3.23. The number of rotatable bonds is 4. The lowest BCUT2D eigenvalue weighted by Gasteiger charge is -2.23. The number of nitrogens with zero attached hydrogens (tertiary/aromatic N) is 2. The number of aromatic nitrogens is 3. The molecule has 0 atom stereocenters. The van der Waals surface area contributed by atoms with Crippen molar-refractivity contribution >= 4 is 11.9 Å². The van der Waals surface area contributed by atoms with Crippen molar-refractivity contribution in [3.05, 3.63) is 12.2 Å². The Balaban J connectivity index is 1.97. The maximum atomic E-state index is 11.6. The second-order valence-corrected chi connectivity index (χ2v) is 4.31. The summed E-state index contributed by atoms with van der Waals surface area (Å²) in [5, 5.41) is 17.8. The van der Waals surface area contributed by atoms with Gasteiger partial charge in [0, 0.05) is 6.54 Å². The number of aliphatic carboxylic acids is 1. The molecule has 1 amide bonds. The lowest BCUT2D eigenvalue weighted by atomic mass is 9.86. The van der Waals surface area contributed by atoms with Gasteiger partial charge in [0.15, 0.2) is 0 Å². The van der Waals surface area contributed by atoms with Gasteiger partial charge in [0.25, 0.3) is 5.91 Å². The molecule has 7 nitrogen and oxygen atoms in total. The summed E-state index contributed by atoms with van der Waals surface area (Å²) in [6.07, 6.45) is 4.24. The summed E-state index contributed by atoms with van der Waals surface area (Å²) in [5.41, 5.74) is -0.810. The van der Waals surface area contributed by atoms with Crippen LogP contribution in [-0.2, 0) is 4.79 Å². The molecule has 7 heteroatoms. The van der Waals surface area contributed by atoms with Crippen molar-refractivity contribution in [2.75, 3.05) is 6.54 Å². The van der Waals surface area contributed by atoms with Crippen molar-refractivity contribution in [2.45, 2.75) is 25.7 Å². The van der Waals surface area contributed by atoms with Crippen LogP contribution in [0.25, 0.3) is 0 Å². The molecule has 0 aromatic carbocycles. The average molecular weight is 238 g/mol. The highest BCUT2D eigenvalue weighted by Crippen LogP contribution is 2.37. The van der Waals surface area contributed by atoms with Crippen LogP contribution in [0.5, 0.6) is 0 Å². The fourth-order valence-corrected chi connectivity index (χ4v) is 2.17. The van der Waals surface area contributed by atoms with Crippen LogP contribution in [-0.4, -0.2) is 38.7 Å². The topological polar surface area (TPSA) is 108 Å². The van der Waals surface area contributed by atoms with Crippen LogP contribution in [0.4, 0.5) is 0 Å². The van der Waals surface area contributed by atoms with Crippen LogP contribution < -0.4 is 5.32 Å². The van der Waals surface area contributed by atoms with Gasteiger partial charge in [-0.1, -0.05) is 12.8 Å². The van der Waals surface area contributed by atoms with Crippen LogP contribution in [0.15, 0.2) is 6.33 Å². The number of nitrogens with one attached hydrogen (secondary N) is 2. The molecule has 1 fully saturated rings. The quantitative estimate of drug-likeness (QED) is 0.693. The van der Waals surface area contributed by atoms with Crippen molar-refractivity contribution in [1.29, 1.82) is 0 Å². The van der Waals surface area contributed by atoms with Gasteiger partial charge in [-0.3, -0.25) is 14.7 Å². The summed E-state index contributed by atoms with van der Waals surface area (Å²) in [4.78, 5) is 26.5. The number of carboxylic acid groups (broad SMARTS) is 1. The van der Waals surface area contributed by atoms with Crippen molar-refractivity contribution in [1.82, 2.24) is 20.5 Å². The lowest BCUT2D eigenvalue weighted by molar-refractivity contribution is -0.148. The van der Waals surface area contributed by atoms with E-state index < -0.39 is 17.3 Å². The van der Waals surface area contributed by atoms with Gasteiger partial charge in [0.05, 0.1) is 5.41 Å². The molecule has 0 saturated heterocycles. The lowest BCUT2D eigenvalue weighted by Crippen LogP contribution is -2.41. The number of carbonyl (C=O) groups is 2. The van der Waals surface area contributed by atoms with Crippen LogP contribution in [0.2, 0.25) is 0 Å². The van der Waals surface area contributed by atoms with E-state index in [1.807, 2.05) is 0 Å². The van der Waals surface area contributed by atoms with Crippen molar-refractivity contribution in [2.24, 2.45) is 5.41 Å². The molecular formula is C10H14N4O3. The second-order valence-electron chi connectivity index (χ2n) is 4.31. The Kier molecular flexibility index (Phi) is 3.08. The first-order chi connectivity index (χ1) is 8.14. The van der Waals surface area contributed by atoms with Gasteiger partial charge in [-0.25, -0.2) is 4.98 Å². The fraction of sp³-hybridized carbons (Fsp3) is 0.600. The van der Waals surface area contributed by atoms with E-state index in [0.29, 0.717) is 12.8 Å². The third kappa shape index (κ3) is 2.27. The molecule has 1 aliphatic rings. The molecule has 0 spiro atoms. The fourth-order valence-electron chi connectivity index (χ4n) is 2.17. The summed E-state index contributed by atoms with van der Waals surface area (Å²) in [5.74, 6) is -1.16. The SMILES string of the molecule is O=C(NCC1(C(=O)O)CCCC1)c1ncn[nH]1. The van der Waals surface area contributed by atoms with E-state index in [0.717, 1.165) is 12.8 Å². The molecule has 1 aromatic rings. The standard InChI is InChI=1S/C10H14N4O3/c15-8(7-12-6-13-14-7)11-5-10(9(16)17)3-1-2-4-10/h6H,1-5H2,(H,11,15)(H,16,17)(H,12,13,14). The molecule has 2 rings (SSSR count). The summed E-state index contributed by atoms with van der Waals surface area (Å²) in [6, 6.07) is 0. The van der Waals surface area contributed by atoms with Gasteiger partial charge in [-0.15, -0.1) is 0 Å². The Hall–Kier alpha value is -1.92. The Morgan fingerprint density at radius 1 is 1.47 bits per heavy atom. The Labute approximate surface area is 97.6 Å². The summed E-state index contributed by atoms with van der Waals surface area (Å²) >= 11 is 0. The Morgan fingerprint density at radius 3 is 2.71 bits per heavy atom. The van der Waals surface area contributed by atoms with Crippen LogP contribution in [0, 0.1) is 5.41 Å². The zero-order valence-corrected chi connectivity index (χ0v) is 9.27. The molecule has 1 saturated carbocycles. The monoisotopic (exact) mass is 238 g/mol. The van der Waals surface area contributed by atoms with Gasteiger partial charge < -0.3 is 10.4 Å². The molecule has 1 aliphatic carbocycles. The number of aromatic amines is 1. The predicted octanol–water partition coefficient (Wildman–Crippen LogP) is 0.179. The van der Waals surface area contributed by atoms with Gasteiger partial charge in [-0.05, 0) is 12.8 Å². The smallest absolute Gasteiger partial charge is 0.311 e. The van der Waals surface area contributed by atoms with Gasteiger partial charge in [0.2, 0.25) is 5.82 Å². The zero-order valence-electron chi connectivity index (χ0n) is 9.27. The minimum atomic E-state index is -0.840. The van der Waals surface area contributed by atoms with E-state index in [1.165, 1.54) is 6.33 Å². The molecule has 0 aliphatic heterocycles. The maximum Gasteiger partial charge on any atom is 0.311 e. The minimum Gasteiger partial charge on any atom is -0.481 e. The predicted molar refractivity (Wildman–Crippen MR) is 57.3 cm³/mol. The highest BCUT2D eigenvalue weighted by Gasteiger charge is 2.41. The van der Waals surface area contributed by atoms with Crippen molar-refractivity contribution in [3.63, 3.8) is 0 Å². The largest absolute Gasteiger partial charge is 0.481 e. The van der Waals surface area contributed by atoms with Crippen LogP contribution in [0.3, 0.4) is 0 Å². The third-order valence-electron chi connectivity index (χ3n) is 3.23. The number of carbonyl (C=O) groups excluding carboxylic acids is 1. The highest BCUT2D eigenvalue weighted by atomic mass is 16.4. The molecule has 1 aromatic heterocycles. The number of H-pyrrole nitrogens is 1. The summed E-state index contributed by atoms with van der Waals surface area (Å²) in [7, 11) is 0. The summed E-state index contributed by atoms with van der Waals surface area (Å²) in [6.45, 7) is 0.141. The van der Waals surface area contributed by atoms with Crippen LogP contribution in [0.1, 0.15) is 36.3 Å². The van der Waals surface area contributed by atoms with E-state index in [9.17, 15) is 14.7 Å². The van der Waals surface area contributed by atoms with Gasteiger partial charge >= 0.3 is 5.97 Å². The van der Waals surface area contributed by atoms with Crippen molar-refractivity contribution < 1.29 is 14.7 Å². The molecule has 17 heavy (non-hydrogen) atoms. The Bertz CT molecular complexity index is 409. The normalized spacial score (nSPS) is 17.9. The van der Waals surface area contributed by atoms with E-state index in [-0.39, 0.29) is 12.4 Å². The van der Waals surface area contributed by atoms with E-state index in [4.69, 9.17) is 0 Å². The molecule has 3 N–H and O–H groups in total. The van der Waals surface area contributed by atoms with Gasteiger partial charge in [0.1, 0.15) is 6.33 Å². The minimum absolute atomic E-state index is 0.100. The molecule has 1 heterocycles. The Morgan fingerprint density at radius 2 is 2.18 bits per heavy atom. The first kappa shape index (κ1) is 11.6. The summed E-state index contributed by atoms with van der Waals surface area (Å²) < 4.78 is 0. The molecule has 0 unspecified atom stereocenters. The first-order valence-corrected chi connectivity index (χ1v) is 5.51. The maximum absolute atomic E-state index is 11.6. The zero-order chi connectivity index (χ0) is 12.3.